The predicted octanol–water partition coefficient (Wildman–Crippen LogP) is 2.74. The van der Waals surface area contributed by atoms with E-state index < -0.39 is 6.10 Å². The van der Waals surface area contributed by atoms with Gasteiger partial charge in [-0.3, -0.25) is 14.5 Å². The van der Waals surface area contributed by atoms with E-state index in [4.69, 9.17) is 14.5 Å². The van der Waals surface area contributed by atoms with Crippen molar-refractivity contribution < 1.29 is 19.1 Å². The molecule has 1 aromatic carbocycles. The van der Waals surface area contributed by atoms with E-state index in [2.05, 4.69) is 6.92 Å². The fraction of sp³-hybridized carbons (Fsp3) is 0.476. The minimum absolute atomic E-state index is 0.00113. The molecule has 7 nitrogen and oxygen atoms in total. The van der Waals surface area contributed by atoms with E-state index in [1.54, 1.807) is 28.1 Å². The Morgan fingerprint density at radius 3 is 2.86 bits per heavy atom. The number of fused-ring (bicyclic) bond motifs is 1. The Labute approximate surface area is 174 Å². The summed E-state index contributed by atoms with van der Waals surface area (Å²) in [6.45, 7) is 6.02. The van der Waals surface area contributed by atoms with Crippen LogP contribution in [0.5, 0.6) is 5.75 Å². The summed E-state index contributed by atoms with van der Waals surface area (Å²) in [5, 5.41) is 3.13. The topological polar surface area (TPSA) is 72.0 Å². The van der Waals surface area contributed by atoms with Crippen molar-refractivity contribution in [2.75, 3.05) is 37.7 Å². The smallest absolute Gasteiger partial charge is 0.268 e. The van der Waals surface area contributed by atoms with Gasteiger partial charge in [0.1, 0.15) is 12.3 Å². The molecule has 2 aromatic rings. The summed E-state index contributed by atoms with van der Waals surface area (Å²) in [4.78, 5) is 33.6. The Bertz CT molecular complexity index is 907. The second-order valence-electron chi connectivity index (χ2n) is 7.24. The standard InChI is InChI=1S/C21H25N3O4S/c1-3-4-19-22-16(13-29-19)15-5-6-18-17(11-15)24(21(26)14(2)28-18)12-20(25)23-7-9-27-10-8-23/h5-6,11,13-14H,3-4,7-10,12H2,1-2H3. The second-order valence-corrected chi connectivity index (χ2v) is 8.18. The maximum atomic E-state index is 12.8. The number of thiazole rings is 1. The van der Waals surface area contributed by atoms with Gasteiger partial charge in [-0.05, 0) is 38.0 Å². The highest BCUT2D eigenvalue weighted by molar-refractivity contribution is 7.09. The van der Waals surface area contributed by atoms with Gasteiger partial charge in [0, 0.05) is 24.0 Å². The van der Waals surface area contributed by atoms with E-state index in [0.717, 1.165) is 29.1 Å². The molecule has 8 heteroatoms. The molecule has 3 heterocycles. The van der Waals surface area contributed by atoms with Crippen molar-refractivity contribution in [3.05, 3.63) is 28.6 Å². The number of aromatic nitrogens is 1. The molecule has 0 spiro atoms. The largest absolute Gasteiger partial charge is 0.479 e. The number of carbonyl (C=O) groups is 2. The van der Waals surface area contributed by atoms with Gasteiger partial charge in [-0.1, -0.05) is 6.92 Å². The summed E-state index contributed by atoms with van der Waals surface area (Å²) in [5.41, 5.74) is 2.42. The van der Waals surface area contributed by atoms with Gasteiger partial charge in [0.15, 0.2) is 6.10 Å². The summed E-state index contributed by atoms with van der Waals surface area (Å²) in [6, 6.07) is 5.71. The summed E-state index contributed by atoms with van der Waals surface area (Å²) < 4.78 is 11.1. The van der Waals surface area contributed by atoms with E-state index >= 15 is 0 Å². The minimum Gasteiger partial charge on any atom is -0.479 e. The van der Waals surface area contributed by atoms with Crippen LogP contribution in [0.2, 0.25) is 0 Å². The molecule has 2 aliphatic rings. The number of morpholine rings is 1. The van der Waals surface area contributed by atoms with Crippen LogP contribution in [-0.2, 0) is 20.7 Å². The number of rotatable bonds is 5. The van der Waals surface area contributed by atoms with Crippen molar-refractivity contribution in [2.45, 2.75) is 32.8 Å². The lowest BCUT2D eigenvalue weighted by Crippen LogP contribution is -2.51. The quantitative estimate of drug-likeness (QED) is 0.751. The van der Waals surface area contributed by atoms with E-state index in [1.807, 2.05) is 23.6 Å². The zero-order chi connectivity index (χ0) is 20.4. The molecular formula is C21H25N3O4S. The lowest BCUT2D eigenvalue weighted by Gasteiger charge is -2.35. The third-order valence-electron chi connectivity index (χ3n) is 5.14. The fourth-order valence-corrected chi connectivity index (χ4v) is 4.46. The molecule has 1 unspecified atom stereocenters. The fourth-order valence-electron chi connectivity index (χ4n) is 3.55. The molecule has 1 saturated heterocycles. The van der Waals surface area contributed by atoms with Crippen LogP contribution in [0.25, 0.3) is 11.3 Å². The van der Waals surface area contributed by atoms with Gasteiger partial charge in [0.05, 0.1) is 29.6 Å². The molecule has 29 heavy (non-hydrogen) atoms. The first-order valence-corrected chi connectivity index (χ1v) is 10.9. The predicted molar refractivity (Wildman–Crippen MR) is 111 cm³/mol. The first-order valence-electron chi connectivity index (χ1n) is 9.99. The molecule has 0 radical (unpaired) electrons. The Balaban J connectivity index is 1.62. The van der Waals surface area contributed by atoms with Gasteiger partial charge in [0.2, 0.25) is 5.91 Å². The van der Waals surface area contributed by atoms with Gasteiger partial charge in [-0.25, -0.2) is 4.98 Å². The van der Waals surface area contributed by atoms with Crippen LogP contribution in [0, 0.1) is 0 Å². The number of ether oxygens (including phenoxy) is 2. The van der Waals surface area contributed by atoms with Gasteiger partial charge in [0.25, 0.3) is 5.91 Å². The lowest BCUT2D eigenvalue weighted by atomic mass is 10.1. The van der Waals surface area contributed by atoms with Gasteiger partial charge >= 0.3 is 0 Å². The Kier molecular flexibility index (Phi) is 5.82. The first kappa shape index (κ1) is 19.8. The molecular weight excluding hydrogens is 390 g/mol. The summed E-state index contributed by atoms with van der Waals surface area (Å²) in [7, 11) is 0. The Hall–Kier alpha value is -2.45. The molecule has 2 aliphatic heterocycles. The van der Waals surface area contributed by atoms with Crippen LogP contribution in [0.15, 0.2) is 23.6 Å². The highest BCUT2D eigenvalue weighted by Crippen LogP contribution is 2.37. The molecule has 1 atom stereocenters. The summed E-state index contributed by atoms with van der Waals surface area (Å²) >= 11 is 1.64. The number of amides is 2. The number of anilines is 1. The molecule has 0 bridgehead atoms. The maximum absolute atomic E-state index is 12.8. The van der Waals surface area contributed by atoms with Crippen LogP contribution < -0.4 is 9.64 Å². The highest BCUT2D eigenvalue weighted by atomic mass is 32.1. The molecule has 4 rings (SSSR count). The average Bonchev–Trinajstić information content (AvgIpc) is 3.20. The average molecular weight is 416 g/mol. The van der Waals surface area contributed by atoms with E-state index in [-0.39, 0.29) is 18.4 Å². The van der Waals surface area contributed by atoms with Gasteiger partial charge in [-0.15, -0.1) is 11.3 Å². The molecule has 0 aliphatic carbocycles. The summed E-state index contributed by atoms with van der Waals surface area (Å²) in [5.74, 6) is 0.326. The van der Waals surface area contributed by atoms with Crippen LogP contribution in [-0.4, -0.2) is 60.7 Å². The molecule has 0 saturated carbocycles. The molecule has 1 fully saturated rings. The normalized spacial score (nSPS) is 19.1. The molecule has 1 aromatic heterocycles. The Morgan fingerprint density at radius 2 is 2.10 bits per heavy atom. The second kappa shape index (κ2) is 8.51. The van der Waals surface area contributed by atoms with E-state index in [1.165, 1.54) is 0 Å². The zero-order valence-corrected chi connectivity index (χ0v) is 17.5. The van der Waals surface area contributed by atoms with Crippen molar-refractivity contribution >= 4 is 28.8 Å². The molecule has 2 amide bonds. The van der Waals surface area contributed by atoms with Gasteiger partial charge in [-0.2, -0.15) is 0 Å². The van der Waals surface area contributed by atoms with E-state index in [0.29, 0.717) is 37.7 Å². The molecule has 154 valence electrons. The van der Waals surface area contributed by atoms with Crippen molar-refractivity contribution in [2.24, 2.45) is 0 Å². The SMILES string of the molecule is CCCc1nc(-c2ccc3c(c2)N(CC(=O)N2CCOCC2)C(=O)C(C)O3)cs1. The lowest BCUT2D eigenvalue weighted by molar-refractivity contribution is -0.136. The minimum atomic E-state index is -0.624. The number of carbonyl (C=O) groups excluding carboxylic acids is 2. The number of hydrogen-bond donors (Lipinski definition) is 0. The van der Waals surface area contributed by atoms with Gasteiger partial charge < -0.3 is 14.4 Å². The van der Waals surface area contributed by atoms with Crippen LogP contribution >= 0.6 is 11.3 Å². The third kappa shape index (κ3) is 4.13. The third-order valence-corrected chi connectivity index (χ3v) is 6.04. The van der Waals surface area contributed by atoms with E-state index in [9.17, 15) is 9.59 Å². The van der Waals surface area contributed by atoms with Crippen molar-refractivity contribution in [3.8, 4) is 17.0 Å². The molecule has 0 N–H and O–H groups in total. The highest BCUT2D eigenvalue weighted by Gasteiger charge is 2.34. The number of hydrogen-bond acceptors (Lipinski definition) is 6. The number of aryl methyl sites for hydroxylation is 1. The number of benzene rings is 1. The summed E-state index contributed by atoms with van der Waals surface area (Å²) in [6.07, 6.45) is 1.38. The van der Waals surface area contributed by atoms with Crippen molar-refractivity contribution in [1.82, 2.24) is 9.88 Å². The zero-order valence-electron chi connectivity index (χ0n) is 16.7. The van der Waals surface area contributed by atoms with Crippen LogP contribution in [0.4, 0.5) is 5.69 Å². The van der Waals surface area contributed by atoms with Crippen LogP contribution in [0.3, 0.4) is 0 Å². The first-order chi connectivity index (χ1) is 14.1. The van der Waals surface area contributed by atoms with Crippen molar-refractivity contribution in [3.63, 3.8) is 0 Å². The Morgan fingerprint density at radius 1 is 1.31 bits per heavy atom. The van der Waals surface area contributed by atoms with Crippen LogP contribution in [0.1, 0.15) is 25.3 Å². The van der Waals surface area contributed by atoms with Crippen molar-refractivity contribution in [1.29, 1.82) is 0 Å². The monoisotopic (exact) mass is 415 g/mol. The maximum Gasteiger partial charge on any atom is 0.268 e. The number of nitrogens with zero attached hydrogens (tertiary/aromatic N) is 3.